The molecular formula is C14H23N3O. The number of likely N-dealkylation sites (tertiary alicyclic amines) is 1. The average Bonchev–Trinajstić information content (AvgIpc) is 2.42. The molecule has 100 valence electrons. The molecular weight excluding hydrogens is 226 g/mol. The Balaban J connectivity index is 1.67. The number of rotatable bonds is 6. The van der Waals surface area contributed by atoms with E-state index in [1.54, 1.807) is 0 Å². The Hall–Kier alpha value is -0.970. The van der Waals surface area contributed by atoms with Gasteiger partial charge in [-0.3, -0.25) is 9.88 Å². The fraction of sp³-hybridized carbons (Fsp3) is 0.643. The Kier molecular flexibility index (Phi) is 5.58. The van der Waals surface area contributed by atoms with Gasteiger partial charge in [0.05, 0.1) is 6.10 Å². The molecule has 1 aliphatic rings. The summed E-state index contributed by atoms with van der Waals surface area (Å²) < 4.78 is 5.80. The summed E-state index contributed by atoms with van der Waals surface area (Å²) in [6.07, 6.45) is 7.43. The minimum absolute atomic E-state index is 0.432. The highest BCUT2D eigenvalue weighted by atomic mass is 16.5. The van der Waals surface area contributed by atoms with Crippen LogP contribution in [0.15, 0.2) is 24.5 Å². The van der Waals surface area contributed by atoms with Crippen molar-refractivity contribution in [3.63, 3.8) is 0 Å². The molecule has 1 aliphatic heterocycles. The largest absolute Gasteiger partial charge is 0.378 e. The predicted molar refractivity (Wildman–Crippen MR) is 72.2 cm³/mol. The van der Waals surface area contributed by atoms with Crippen LogP contribution in [0.25, 0.3) is 0 Å². The van der Waals surface area contributed by atoms with Crippen molar-refractivity contribution in [3.8, 4) is 0 Å². The minimum atomic E-state index is 0.432. The number of nitrogens with zero attached hydrogens (tertiary/aromatic N) is 2. The molecule has 0 atom stereocenters. The van der Waals surface area contributed by atoms with Crippen LogP contribution in [0.1, 0.15) is 24.8 Å². The van der Waals surface area contributed by atoms with Crippen molar-refractivity contribution in [2.75, 3.05) is 26.2 Å². The first-order chi connectivity index (χ1) is 8.88. The van der Waals surface area contributed by atoms with Gasteiger partial charge in [-0.15, -0.1) is 0 Å². The number of nitrogens with two attached hydrogens (primary N) is 1. The second-order valence-corrected chi connectivity index (χ2v) is 4.85. The van der Waals surface area contributed by atoms with Gasteiger partial charge in [-0.2, -0.15) is 0 Å². The standard InChI is InChI=1S/C14H23N3O/c15-6-2-10-18-14-4-8-17(9-5-14)12-13-3-1-7-16-11-13/h1,3,7,11,14H,2,4-6,8-10,12,15H2. The number of ether oxygens (including phenoxy) is 1. The predicted octanol–water partition coefficient (Wildman–Crippen LogP) is 1.41. The molecule has 0 aliphatic carbocycles. The number of hydrogen-bond donors (Lipinski definition) is 1. The van der Waals surface area contributed by atoms with Crippen LogP contribution < -0.4 is 5.73 Å². The Bertz CT molecular complexity index is 323. The second kappa shape index (κ2) is 7.46. The topological polar surface area (TPSA) is 51.4 Å². The third-order valence-corrected chi connectivity index (χ3v) is 3.37. The van der Waals surface area contributed by atoms with Crippen molar-refractivity contribution in [2.45, 2.75) is 31.9 Å². The molecule has 1 fully saturated rings. The molecule has 1 aromatic heterocycles. The van der Waals surface area contributed by atoms with E-state index in [4.69, 9.17) is 10.5 Å². The van der Waals surface area contributed by atoms with Gasteiger partial charge in [0.25, 0.3) is 0 Å². The first kappa shape index (κ1) is 13.5. The van der Waals surface area contributed by atoms with E-state index < -0.39 is 0 Å². The van der Waals surface area contributed by atoms with Crippen LogP contribution in [0.2, 0.25) is 0 Å². The Morgan fingerprint density at radius 1 is 1.39 bits per heavy atom. The van der Waals surface area contributed by atoms with Crippen LogP contribution in [0.4, 0.5) is 0 Å². The van der Waals surface area contributed by atoms with E-state index in [1.165, 1.54) is 5.56 Å². The molecule has 18 heavy (non-hydrogen) atoms. The van der Waals surface area contributed by atoms with E-state index >= 15 is 0 Å². The SMILES string of the molecule is NCCCOC1CCN(Cc2cccnc2)CC1. The fourth-order valence-corrected chi connectivity index (χ4v) is 2.32. The summed E-state index contributed by atoms with van der Waals surface area (Å²) in [6.45, 7) is 4.76. The van der Waals surface area contributed by atoms with Gasteiger partial charge in [0.15, 0.2) is 0 Å². The van der Waals surface area contributed by atoms with Crippen molar-refractivity contribution < 1.29 is 4.74 Å². The summed E-state index contributed by atoms with van der Waals surface area (Å²) in [5.74, 6) is 0. The van der Waals surface area contributed by atoms with Crippen LogP contribution in [-0.4, -0.2) is 42.2 Å². The lowest BCUT2D eigenvalue weighted by Gasteiger charge is -2.31. The molecule has 0 unspecified atom stereocenters. The van der Waals surface area contributed by atoms with Gasteiger partial charge >= 0.3 is 0 Å². The van der Waals surface area contributed by atoms with Crippen molar-refractivity contribution in [1.82, 2.24) is 9.88 Å². The van der Waals surface area contributed by atoms with Gasteiger partial charge in [0.1, 0.15) is 0 Å². The van der Waals surface area contributed by atoms with Gasteiger partial charge in [-0.25, -0.2) is 0 Å². The molecule has 0 spiro atoms. The quantitative estimate of drug-likeness (QED) is 0.775. The lowest BCUT2D eigenvalue weighted by atomic mass is 10.1. The lowest BCUT2D eigenvalue weighted by molar-refractivity contribution is 0.00562. The summed E-state index contributed by atoms with van der Waals surface area (Å²) >= 11 is 0. The maximum atomic E-state index is 5.80. The lowest BCUT2D eigenvalue weighted by Crippen LogP contribution is -2.36. The van der Waals surface area contributed by atoms with Gasteiger partial charge in [0.2, 0.25) is 0 Å². The molecule has 0 radical (unpaired) electrons. The summed E-state index contributed by atoms with van der Waals surface area (Å²) in [5, 5.41) is 0. The molecule has 4 nitrogen and oxygen atoms in total. The average molecular weight is 249 g/mol. The molecule has 2 N–H and O–H groups in total. The molecule has 0 saturated carbocycles. The van der Waals surface area contributed by atoms with Crippen LogP contribution in [0, 0.1) is 0 Å². The fourth-order valence-electron chi connectivity index (χ4n) is 2.32. The molecule has 2 rings (SSSR count). The van der Waals surface area contributed by atoms with E-state index in [1.807, 2.05) is 18.5 Å². The monoisotopic (exact) mass is 249 g/mol. The Morgan fingerprint density at radius 3 is 2.89 bits per heavy atom. The van der Waals surface area contributed by atoms with Crippen molar-refractivity contribution in [3.05, 3.63) is 30.1 Å². The van der Waals surface area contributed by atoms with E-state index in [-0.39, 0.29) is 0 Å². The number of pyridine rings is 1. The van der Waals surface area contributed by atoms with E-state index in [2.05, 4.69) is 16.0 Å². The molecule has 1 aromatic rings. The highest BCUT2D eigenvalue weighted by Gasteiger charge is 2.19. The highest BCUT2D eigenvalue weighted by Crippen LogP contribution is 2.16. The number of piperidine rings is 1. The van der Waals surface area contributed by atoms with Crippen LogP contribution >= 0.6 is 0 Å². The highest BCUT2D eigenvalue weighted by molar-refractivity contribution is 5.08. The maximum absolute atomic E-state index is 5.80. The first-order valence-electron chi connectivity index (χ1n) is 6.81. The van der Waals surface area contributed by atoms with Crippen LogP contribution in [0.5, 0.6) is 0 Å². The van der Waals surface area contributed by atoms with Gasteiger partial charge in [-0.05, 0) is 37.4 Å². The molecule has 0 amide bonds. The van der Waals surface area contributed by atoms with Gasteiger partial charge in [0, 0.05) is 38.6 Å². The Labute approximate surface area is 109 Å². The number of hydrogen-bond acceptors (Lipinski definition) is 4. The van der Waals surface area contributed by atoms with E-state index in [9.17, 15) is 0 Å². The van der Waals surface area contributed by atoms with E-state index in [0.29, 0.717) is 6.10 Å². The third kappa shape index (κ3) is 4.37. The Morgan fingerprint density at radius 2 is 2.22 bits per heavy atom. The zero-order chi connectivity index (χ0) is 12.6. The third-order valence-electron chi connectivity index (χ3n) is 3.37. The minimum Gasteiger partial charge on any atom is -0.378 e. The summed E-state index contributed by atoms with van der Waals surface area (Å²) in [6, 6.07) is 4.13. The maximum Gasteiger partial charge on any atom is 0.0599 e. The van der Waals surface area contributed by atoms with Gasteiger partial charge < -0.3 is 10.5 Å². The summed E-state index contributed by atoms with van der Waals surface area (Å²) in [5.41, 5.74) is 6.75. The van der Waals surface area contributed by atoms with Gasteiger partial charge in [-0.1, -0.05) is 6.07 Å². The second-order valence-electron chi connectivity index (χ2n) is 4.85. The number of aromatic nitrogens is 1. The smallest absolute Gasteiger partial charge is 0.0599 e. The molecule has 2 heterocycles. The molecule has 1 saturated heterocycles. The normalized spacial score (nSPS) is 18.1. The van der Waals surface area contributed by atoms with E-state index in [0.717, 1.165) is 52.0 Å². The molecule has 4 heteroatoms. The van der Waals surface area contributed by atoms with Crippen molar-refractivity contribution >= 4 is 0 Å². The first-order valence-corrected chi connectivity index (χ1v) is 6.81. The molecule has 0 bridgehead atoms. The van der Waals surface area contributed by atoms with Crippen LogP contribution in [0.3, 0.4) is 0 Å². The van der Waals surface area contributed by atoms with Crippen molar-refractivity contribution in [2.24, 2.45) is 5.73 Å². The van der Waals surface area contributed by atoms with Crippen LogP contribution in [-0.2, 0) is 11.3 Å². The van der Waals surface area contributed by atoms with Crippen molar-refractivity contribution in [1.29, 1.82) is 0 Å². The zero-order valence-electron chi connectivity index (χ0n) is 10.9. The molecule has 0 aromatic carbocycles. The summed E-state index contributed by atoms with van der Waals surface area (Å²) in [4.78, 5) is 6.62. The summed E-state index contributed by atoms with van der Waals surface area (Å²) in [7, 11) is 0. The zero-order valence-corrected chi connectivity index (χ0v) is 10.9.